The fourth-order valence-corrected chi connectivity index (χ4v) is 1.73. The van der Waals surface area contributed by atoms with Crippen LogP contribution in [0.15, 0.2) is 6.20 Å². The molecule has 1 amide bonds. The van der Waals surface area contributed by atoms with Crippen molar-refractivity contribution in [3.63, 3.8) is 0 Å². The molecule has 1 aromatic heterocycles. The van der Waals surface area contributed by atoms with Crippen molar-refractivity contribution >= 4 is 23.0 Å². The molecule has 0 aromatic carbocycles. The van der Waals surface area contributed by atoms with E-state index < -0.39 is 5.41 Å². The lowest BCUT2D eigenvalue weighted by Crippen LogP contribution is -2.34. The number of ketones is 1. The van der Waals surface area contributed by atoms with E-state index in [1.54, 1.807) is 6.20 Å². The molecule has 16 heavy (non-hydrogen) atoms. The highest BCUT2D eigenvalue weighted by atomic mass is 32.1. The van der Waals surface area contributed by atoms with Crippen LogP contribution in [-0.4, -0.2) is 16.7 Å². The lowest BCUT2D eigenvalue weighted by molar-refractivity contribution is -0.128. The Morgan fingerprint density at radius 2 is 2.06 bits per heavy atom. The number of aromatic nitrogens is 1. The Morgan fingerprint density at radius 1 is 1.44 bits per heavy atom. The van der Waals surface area contributed by atoms with Gasteiger partial charge >= 0.3 is 0 Å². The van der Waals surface area contributed by atoms with Crippen molar-refractivity contribution in [1.82, 2.24) is 10.3 Å². The number of rotatable bonds is 3. The van der Waals surface area contributed by atoms with Crippen molar-refractivity contribution in [1.29, 1.82) is 0 Å². The number of carbonyl (C=O) groups excluding carboxylic acids is 2. The highest BCUT2D eigenvalue weighted by Gasteiger charge is 2.20. The first-order valence-corrected chi connectivity index (χ1v) is 5.86. The molecule has 0 aliphatic heterocycles. The summed E-state index contributed by atoms with van der Waals surface area (Å²) in [6, 6.07) is 0. The fourth-order valence-electron chi connectivity index (χ4n) is 0.985. The van der Waals surface area contributed by atoms with Gasteiger partial charge in [0.2, 0.25) is 5.91 Å². The topological polar surface area (TPSA) is 59.1 Å². The number of nitrogens with one attached hydrogen (secondary N) is 1. The summed E-state index contributed by atoms with van der Waals surface area (Å²) < 4.78 is 0. The van der Waals surface area contributed by atoms with Gasteiger partial charge in [-0.15, -0.1) is 11.3 Å². The third-order valence-electron chi connectivity index (χ3n) is 1.96. The SMILES string of the molecule is CC(=O)c1ncc(CNC(=O)C(C)(C)C)s1. The molecule has 0 saturated carbocycles. The Kier molecular flexibility index (Phi) is 3.80. The molecule has 88 valence electrons. The van der Waals surface area contributed by atoms with Gasteiger partial charge in [0, 0.05) is 23.4 Å². The van der Waals surface area contributed by atoms with E-state index in [1.165, 1.54) is 18.3 Å². The predicted molar refractivity (Wildman–Crippen MR) is 63.4 cm³/mol. The molecule has 1 aromatic rings. The zero-order chi connectivity index (χ0) is 12.3. The van der Waals surface area contributed by atoms with Gasteiger partial charge in [0.15, 0.2) is 10.8 Å². The van der Waals surface area contributed by atoms with Gasteiger partial charge < -0.3 is 5.32 Å². The maximum Gasteiger partial charge on any atom is 0.225 e. The number of thiazole rings is 1. The minimum absolute atomic E-state index is 0.00900. The first kappa shape index (κ1) is 12.8. The summed E-state index contributed by atoms with van der Waals surface area (Å²) in [4.78, 5) is 27.5. The molecule has 0 unspecified atom stereocenters. The van der Waals surface area contributed by atoms with Crippen molar-refractivity contribution in [2.45, 2.75) is 34.2 Å². The van der Waals surface area contributed by atoms with E-state index in [0.717, 1.165) is 4.88 Å². The fraction of sp³-hybridized carbons (Fsp3) is 0.545. The zero-order valence-corrected chi connectivity index (χ0v) is 10.8. The third-order valence-corrected chi connectivity index (χ3v) is 3.06. The molecule has 5 heteroatoms. The Balaban J connectivity index is 2.55. The second-order valence-corrected chi connectivity index (χ2v) is 5.74. The van der Waals surface area contributed by atoms with Crippen LogP contribution >= 0.6 is 11.3 Å². The van der Waals surface area contributed by atoms with E-state index in [4.69, 9.17) is 0 Å². The molecule has 0 aliphatic carbocycles. The number of hydrogen-bond acceptors (Lipinski definition) is 4. The first-order chi connectivity index (χ1) is 7.30. The van der Waals surface area contributed by atoms with E-state index in [2.05, 4.69) is 10.3 Å². The summed E-state index contributed by atoms with van der Waals surface area (Å²) in [5.41, 5.74) is -0.395. The van der Waals surface area contributed by atoms with Crippen LogP contribution in [0.3, 0.4) is 0 Å². The highest BCUT2D eigenvalue weighted by molar-refractivity contribution is 7.13. The lowest BCUT2D eigenvalue weighted by atomic mass is 9.96. The molecule has 4 nitrogen and oxygen atoms in total. The summed E-state index contributed by atoms with van der Waals surface area (Å²) in [5, 5.41) is 3.30. The lowest BCUT2D eigenvalue weighted by Gasteiger charge is -2.16. The molecule has 0 radical (unpaired) electrons. The van der Waals surface area contributed by atoms with Crippen LogP contribution in [0.5, 0.6) is 0 Å². The van der Waals surface area contributed by atoms with Gasteiger partial charge in [0.05, 0.1) is 6.54 Å². The number of carbonyl (C=O) groups is 2. The number of Topliss-reactive ketones (excluding diaryl/α,β-unsaturated/α-hetero) is 1. The molecular formula is C11H16N2O2S. The van der Waals surface area contributed by atoms with Crippen LogP contribution in [0.2, 0.25) is 0 Å². The largest absolute Gasteiger partial charge is 0.351 e. The maximum atomic E-state index is 11.6. The molecule has 0 aliphatic rings. The quantitative estimate of drug-likeness (QED) is 0.822. The van der Waals surface area contributed by atoms with Crippen LogP contribution < -0.4 is 5.32 Å². The summed E-state index contributed by atoms with van der Waals surface area (Å²) in [7, 11) is 0. The van der Waals surface area contributed by atoms with Gasteiger partial charge in [-0.2, -0.15) is 0 Å². The van der Waals surface area contributed by atoms with Gasteiger partial charge in [0.25, 0.3) is 0 Å². The van der Waals surface area contributed by atoms with Crippen LogP contribution in [0, 0.1) is 5.41 Å². The van der Waals surface area contributed by atoms with Crippen LogP contribution in [-0.2, 0) is 11.3 Å². The van der Waals surface area contributed by atoms with E-state index in [-0.39, 0.29) is 11.7 Å². The highest BCUT2D eigenvalue weighted by Crippen LogP contribution is 2.15. The van der Waals surface area contributed by atoms with Crippen LogP contribution in [0.1, 0.15) is 42.4 Å². The van der Waals surface area contributed by atoms with Crippen molar-refractivity contribution in [3.8, 4) is 0 Å². The standard InChI is InChI=1S/C11H16N2O2S/c1-7(14)9-12-5-8(16-9)6-13-10(15)11(2,3)4/h5H,6H2,1-4H3,(H,13,15). The van der Waals surface area contributed by atoms with Gasteiger partial charge in [-0.05, 0) is 0 Å². The summed E-state index contributed by atoms with van der Waals surface area (Å²) in [6.45, 7) is 7.49. The average molecular weight is 240 g/mol. The minimum atomic E-state index is -0.395. The van der Waals surface area contributed by atoms with Crippen LogP contribution in [0.4, 0.5) is 0 Å². The monoisotopic (exact) mass is 240 g/mol. The molecule has 0 bridgehead atoms. The van der Waals surface area contributed by atoms with E-state index in [9.17, 15) is 9.59 Å². The molecule has 1 rings (SSSR count). The summed E-state index contributed by atoms with van der Waals surface area (Å²) in [5.74, 6) is -0.0522. The Morgan fingerprint density at radius 3 is 2.50 bits per heavy atom. The van der Waals surface area contributed by atoms with E-state index in [1.807, 2.05) is 20.8 Å². The van der Waals surface area contributed by atoms with Crippen molar-refractivity contribution in [2.75, 3.05) is 0 Å². The van der Waals surface area contributed by atoms with Crippen LogP contribution in [0.25, 0.3) is 0 Å². The van der Waals surface area contributed by atoms with Gasteiger partial charge in [-0.25, -0.2) is 4.98 Å². The maximum absolute atomic E-state index is 11.6. The molecule has 0 atom stereocenters. The molecule has 1 N–H and O–H groups in total. The number of hydrogen-bond donors (Lipinski definition) is 1. The Bertz CT molecular complexity index is 404. The smallest absolute Gasteiger partial charge is 0.225 e. The molecule has 0 fully saturated rings. The van der Waals surface area contributed by atoms with Gasteiger partial charge in [-0.3, -0.25) is 9.59 Å². The van der Waals surface area contributed by atoms with Gasteiger partial charge in [0.1, 0.15) is 0 Å². The molecular weight excluding hydrogens is 224 g/mol. The Labute approximate surface area is 99.1 Å². The molecule has 0 saturated heterocycles. The summed E-state index contributed by atoms with van der Waals surface area (Å²) >= 11 is 1.32. The van der Waals surface area contributed by atoms with Crippen molar-refractivity contribution < 1.29 is 9.59 Å². The molecule has 1 heterocycles. The van der Waals surface area contributed by atoms with Crippen molar-refractivity contribution in [3.05, 3.63) is 16.1 Å². The predicted octanol–water partition coefficient (Wildman–Crippen LogP) is 2.01. The second kappa shape index (κ2) is 4.74. The second-order valence-electron chi connectivity index (χ2n) is 4.62. The zero-order valence-electron chi connectivity index (χ0n) is 9.96. The van der Waals surface area contributed by atoms with E-state index >= 15 is 0 Å². The number of nitrogens with zero attached hydrogens (tertiary/aromatic N) is 1. The third kappa shape index (κ3) is 3.41. The van der Waals surface area contributed by atoms with Crippen molar-refractivity contribution in [2.24, 2.45) is 5.41 Å². The van der Waals surface area contributed by atoms with E-state index in [0.29, 0.717) is 11.6 Å². The summed E-state index contributed by atoms with van der Waals surface area (Å²) in [6.07, 6.45) is 1.63. The number of amides is 1. The average Bonchev–Trinajstić information content (AvgIpc) is 2.60. The minimum Gasteiger partial charge on any atom is -0.351 e. The first-order valence-electron chi connectivity index (χ1n) is 5.04. The normalized spacial score (nSPS) is 11.2. The molecule has 0 spiro atoms. The van der Waals surface area contributed by atoms with Gasteiger partial charge in [-0.1, -0.05) is 20.8 Å². The Hall–Kier alpha value is -1.23.